The number of nitrogens with two attached hydrogens (primary N) is 1. The average molecular weight is 265 g/mol. The van der Waals surface area contributed by atoms with Gasteiger partial charge in [0.05, 0.1) is 6.54 Å². The van der Waals surface area contributed by atoms with Crippen molar-refractivity contribution in [1.29, 1.82) is 0 Å². The van der Waals surface area contributed by atoms with Gasteiger partial charge in [0.2, 0.25) is 5.91 Å². The number of likely N-dealkylation sites (tertiary alicyclic amines) is 1. The van der Waals surface area contributed by atoms with Crippen molar-refractivity contribution in [3.05, 3.63) is 23.7 Å². The highest BCUT2D eigenvalue weighted by molar-refractivity contribution is 5.95. The van der Waals surface area contributed by atoms with Crippen molar-refractivity contribution in [2.75, 3.05) is 13.1 Å². The predicted molar refractivity (Wildman–Crippen MR) is 69.3 cm³/mol. The first-order valence-corrected chi connectivity index (χ1v) is 6.50. The van der Waals surface area contributed by atoms with Gasteiger partial charge in [0.1, 0.15) is 11.8 Å². The van der Waals surface area contributed by atoms with Gasteiger partial charge in [-0.2, -0.15) is 0 Å². The van der Waals surface area contributed by atoms with E-state index in [0.29, 0.717) is 5.76 Å². The Morgan fingerprint density at radius 2 is 2.11 bits per heavy atom. The van der Waals surface area contributed by atoms with E-state index in [1.54, 1.807) is 24.0 Å². The van der Waals surface area contributed by atoms with Crippen molar-refractivity contribution in [3.8, 4) is 0 Å². The topological polar surface area (TPSA) is 88.6 Å². The fraction of sp³-hybridized carbons (Fsp3) is 0.538. The van der Waals surface area contributed by atoms with Crippen LogP contribution in [0.15, 0.2) is 16.5 Å². The maximum absolute atomic E-state index is 12.0. The lowest BCUT2D eigenvalue weighted by molar-refractivity contribution is -0.131. The van der Waals surface area contributed by atoms with E-state index in [0.717, 1.165) is 25.9 Å². The minimum Gasteiger partial charge on any atom is -0.455 e. The number of furan rings is 1. The van der Waals surface area contributed by atoms with Gasteiger partial charge in [-0.15, -0.1) is 0 Å². The third-order valence-electron chi connectivity index (χ3n) is 3.22. The van der Waals surface area contributed by atoms with E-state index in [-0.39, 0.29) is 24.1 Å². The molecule has 3 N–H and O–H groups in total. The molecule has 1 fully saturated rings. The highest BCUT2D eigenvalue weighted by Gasteiger charge is 2.25. The molecule has 6 nitrogen and oxygen atoms in total. The average Bonchev–Trinajstić information content (AvgIpc) is 3.08. The highest BCUT2D eigenvalue weighted by atomic mass is 16.4. The summed E-state index contributed by atoms with van der Waals surface area (Å²) in [6, 6.07) is 2.67. The van der Waals surface area contributed by atoms with Crippen molar-refractivity contribution < 1.29 is 14.0 Å². The van der Waals surface area contributed by atoms with Crippen LogP contribution in [-0.2, 0) is 11.3 Å². The molecule has 1 saturated heterocycles. The van der Waals surface area contributed by atoms with E-state index in [1.165, 1.54) is 0 Å². The number of hydrogen-bond donors (Lipinski definition) is 2. The SMILES string of the molecule is CC(NC(=O)c1ccc(CN)o1)C(=O)N1CCCC1. The Morgan fingerprint density at radius 3 is 2.68 bits per heavy atom. The van der Waals surface area contributed by atoms with Crippen molar-refractivity contribution in [3.63, 3.8) is 0 Å². The first-order chi connectivity index (χ1) is 9.11. The molecule has 1 aliphatic rings. The van der Waals surface area contributed by atoms with Crippen molar-refractivity contribution in [2.24, 2.45) is 5.73 Å². The molecule has 6 heteroatoms. The van der Waals surface area contributed by atoms with Crippen LogP contribution in [0.2, 0.25) is 0 Å². The van der Waals surface area contributed by atoms with Gasteiger partial charge in [-0.1, -0.05) is 0 Å². The molecule has 0 spiro atoms. The van der Waals surface area contributed by atoms with Crippen LogP contribution in [0, 0.1) is 0 Å². The number of amides is 2. The van der Waals surface area contributed by atoms with E-state index in [2.05, 4.69) is 5.32 Å². The van der Waals surface area contributed by atoms with Crippen LogP contribution in [0.5, 0.6) is 0 Å². The van der Waals surface area contributed by atoms with Crippen molar-refractivity contribution in [1.82, 2.24) is 10.2 Å². The van der Waals surface area contributed by atoms with Gasteiger partial charge in [-0.3, -0.25) is 9.59 Å². The summed E-state index contributed by atoms with van der Waals surface area (Å²) in [6.07, 6.45) is 2.06. The minimum absolute atomic E-state index is 0.0449. The molecule has 2 rings (SSSR count). The summed E-state index contributed by atoms with van der Waals surface area (Å²) in [6.45, 7) is 3.48. The summed E-state index contributed by atoms with van der Waals surface area (Å²) in [5, 5.41) is 2.65. The van der Waals surface area contributed by atoms with Gasteiger partial charge in [0, 0.05) is 13.1 Å². The predicted octanol–water partition coefficient (Wildman–Crippen LogP) is 0.479. The van der Waals surface area contributed by atoms with Crippen LogP contribution in [0.4, 0.5) is 0 Å². The van der Waals surface area contributed by atoms with E-state index >= 15 is 0 Å². The van der Waals surface area contributed by atoms with Crippen LogP contribution < -0.4 is 11.1 Å². The largest absolute Gasteiger partial charge is 0.455 e. The second kappa shape index (κ2) is 5.88. The van der Waals surface area contributed by atoms with Crippen LogP contribution in [0.25, 0.3) is 0 Å². The zero-order valence-corrected chi connectivity index (χ0v) is 11.0. The molecule has 1 aromatic rings. The zero-order chi connectivity index (χ0) is 13.8. The lowest BCUT2D eigenvalue weighted by atomic mass is 10.2. The van der Waals surface area contributed by atoms with E-state index < -0.39 is 6.04 Å². The smallest absolute Gasteiger partial charge is 0.287 e. The Hall–Kier alpha value is -1.82. The summed E-state index contributed by atoms with van der Waals surface area (Å²) in [7, 11) is 0. The molecule has 0 radical (unpaired) electrons. The number of nitrogens with zero attached hydrogens (tertiary/aromatic N) is 1. The molecular formula is C13H19N3O3. The maximum atomic E-state index is 12.0. The maximum Gasteiger partial charge on any atom is 0.287 e. The second-order valence-corrected chi connectivity index (χ2v) is 4.70. The molecule has 1 unspecified atom stereocenters. The van der Waals surface area contributed by atoms with Gasteiger partial charge in [-0.05, 0) is 31.9 Å². The van der Waals surface area contributed by atoms with Gasteiger partial charge in [0.25, 0.3) is 5.91 Å². The number of carbonyl (C=O) groups excluding carboxylic acids is 2. The summed E-state index contributed by atoms with van der Waals surface area (Å²) >= 11 is 0. The number of carbonyl (C=O) groups is 2. The molecule has 0 aromatic carbocycles. The molecule has 2 heterocycles. The Morgan fingerprint density at radius 1 is 1.42 bits per heavy atom. The number of hydrogen-bond acceptors (Lipinski definition) is 4. The van der Waals surface area contributed by atoms with Crippen LogP contribution in [0.3, 0.4) is 0 Å². The molecule has 2 amide bonds. The monoisotopic (exact) mass is 265 g/mol. The fourth-order valence-electron chi connectivity index (χ4n) is 2.15. The van der Waals surface area contributed by atoms with Crippen LogP contribution >= 0.6 is 0 Å². The number of nitrogens with one attached hydrogen (secondary N) is 1. The summed E-state index contributed by atoms with van der Waals surface area (Å²) in [4.78, 5) is 25.7. The third kappa shape index (κ3) is 3.14. The first-order valence-electron chi connectivity index (χ1n) is 6.50. The molecule has 19 heavy (non-hydrogen) atoms. The molecule has 1 atom stereocenters. The molecule has 104 valence electrons. The summed E-state index contributed by atoms with van der Waals surface area (Å²) < 4.78 is 5.24. The normalized spacial score (nSPS) is 16.4. The summed E-state index contributed by atoms with van der Waals surface area (Å²) in [5.41, 5.74) is 5.41. The minimum atomic E-state index is -0.544. The standard InChI is InChI=1S/C13H19N3O3/c1-9(13(18)16-6-2-3-7-16)15-12(17)11-5-4-10(8-14)19-11/h4-5,9H,2-3,6-8,14H2,1H3,(H,15,17). The molecule has 0 aliphatic carbocycles. The third-order valence-corrected chi connectivity index (χ3v) is 3.22. The lowest BCUT2D eigenvalue weighted by Gasteiger charge is -2.20. The zero-order valence-electron chi connectivity index (χ0n) is 11.0. The molecular weight excluding hydrogens is 246 g/mol. The Balaban J connectivity index is 1.92. The molecule has 0 saturated carbocycles. The van der Waals surface area contributed by atoms with Crippen molar-refractivity contribution in [2.45, 2.75) is 32.4 Å². The molecule has 0 bridgehead atoms. The highest BCUT2D eigenvalue weighted by Crippen LogP contribution is 2.10. The second-order valence-electron chi connectivity index (χ2n) is 4.70. The first kappa shape index (κ1) is 13.6. The van der Waals surface area contributed by atoms with Crippen LogP contribution in [-0.4, -0.2) is 35.8 Å². The fourth-order valence-corrected chi connectivity index (χ4v) is 2.15. The van der Waals surface area contributed by atoms with Crippen LogP contribution in [0.1, 0.15) is 36.1 Å². The van der Waals surface area contributed by atoms with Crippen molar-refractivity contribution >= 4 is 11.8 Å². The quantitative estimate of drug-likeness (QED) is 0.828. The lowest BCUT2D eigenvalue weighted by Crippen LogP contribution is -2.45. The van der Waals surface area contributed by atoms with E-state index in [1.807, 2.05) is 0 Å². The number of rotatable bonds is 4. The van der Waals surface area contributed by atoms with E-state index in [9.17, 15) is 9.59 Å². The molecule has 1 aliphatic heterocycles. The molecule has 1 aromatic heterocycles. The van der Waals surface area contributed by atoms with Gasteiger partial charge in [0.15, 0.2) is 5.76 Å². The van der Waals surface area contributed by atoms with Gasteiger partial charge in [-0.25, -0.2) is 0 Å². The Kier molecular flexibility index (Phi) is 4.21. The Bertz CT molecular complexity index is 463. The van der Waals surface area contributed by atoms with Gasteiger partial charge >= 0.3 is 0 Å². The van der Waals surface area contributed by atoms with E-state index in [4.69, 9.17) is 10.2 Å². The van der Waals surface area contributed by atoms with Gasteiger partial charge < -0.3 is 20.4 Å². The summed E-state index contributed by atoms with van der Waals surface area (Å²) in [5.74, 6) is 0.293. The Labute approximate surface area is 111 Å².